The predicted molar refractivity (Wildman–Crippen MR) is 145 cm³/mol. The molecule has 0 fully saturated rings. The Balaban J connectivity index is 1.50. The lowest BCUT2D eigenvalue weighted by Crippen LogP contribution is -2.45. The van der Waals surface area contributed by atoms with Crippen molar-refractivity contribution in [2.45, 2.75) is 45.8 Å². The maximum atomic E-state index is 13.0. The van der Waals surface area contributed by atoms with E-state index in [0.717, 1.165) is 22.3 Å². The summed E-state index contributed by atoms with van der Waals surface area (Å²) in [5.74, 6) is 0.525. The fourth-order valence-electron chi connectivity index (χ4n) is 4.29. The smallest absolute Gasteiger partial charge is 0.319 e. The summed E-state index contributed by atoms with van der Waals surface area (Å²) in [5, 5.41) is 5.96. The highest BCUT2D eigenvalue weighted by Gasteiger charge is 2.32. The average Bonchev–Trinajstić information content (AvgIpc) is 2.85. The molecule has 1 atom stereocenters. The highest BCUT2D eigenvalue weighted by Crippen LogP contribution is 2.36. The van der Waals surface area contributed by atoms with Crippen molar-refractivity contribution in [3.8, 4) is 5.75 Å². The second kappa shape index (κ2) is 10.3. The van der Waals surface area contributed by atoms with Crippen LogP contribution in [0.3, 0.4) is 0 Å². The minimum atomic E-state index is -0.611. The first kappa shape index (κ1) is 25.0. The van der Waals surface area contributed by atoms with E-state index in [0.29, 0.717) is 30.1 Å². The minimum absolute atomic E-state index is 0.0986. The number of benzene rings is 3. The van der Waals surface area contributed by atoms with Crippen LogP contribution in [0.15, 0.2) is 79.4 Å². The molecule has 0 aromatic heterocycles. The molecule has 1 aliphatic heterocycles. The Bertz CT molecular complexity index is 1280. The number of nitrogens with zero attached hydrogens (tertiary/aromatic N) is 1. The molecule has 3 aromatic rings. The van der Waals surface area contributed by atoms with Gasteiger partial charge in [-0.25, -0.2) is 4.79 Å². The van der Waals surface area contributed by atoms with Crippen LogP contribution in [0.2, 0.25) is 0 Å². The van der Waals surface area contributed by atoms with Gasteiger partial charge in [-0.1, -0.05) is 60.7 Å². The van der Waals surface area contributed by atoms with Gasteiger partial charge in [-0.15, -0.1) is 0 Å². The molecule has 0 saturated heterocycles. The Morgan fingerprint density at radius 2 is 1.81 bits per heavy atom. The Kier molecular flexibility index (Phi) is 7.15. The second-order valence-corrected chi connectivity index (χ2v) is 9.73. The van der Waals surface area contributed by atoms with E-state index in [1.165, 1.54) is 0 Å². The number of urea groups is 1. The number of nitrogens with one attached hydrogen (secondary N) is 2. The molecule has 4 rings (SSSR count). The monoisotopic (exact) mass is 483 g/mol. The van der Waals surface area contributed by atoms with Gasteiger partial charge in [0.25, 0.3) is 5.91 Å². The summed E-state index contributed by atoms with van der Waals surface area (Å²) in [6.45, 7) is 12.2. The number of hydrogen-bond acceptors (Lipinski definition) is 3. The number of anilines is 2. The van der Waals surface area contributed by atoms with E-state index in [9.17, 15) is 9.59 Å². The van der Waals surface area contributed by atoms with E-state index < -0.39 is 11.6 Å². The molecular formula is C30H33N3O3. The van der Waals surface area contributed by atoms with Crippen LogP contribution in [-0.4, -0.2) is 24.6 Å². The van der Waals surface area contributed by atoms with Gasteiger partial charge in [0.05, 0.1) is 11.2 Å². The summed E-state index contributed by atoms with van der Waals surface area (Å²) in [6, 6.07) is 23.1. The van der Waals surface area contributed by atoms with Crippen LogP contribution in [0.4, 0.5) is 16.2 Å². The molecule has 6 heteroatoms. The van der Waals surface area contributed by atoms with E-state index >= 15 is 0 Å². The average molecular weight is 484 g/mol. The van der Waals surface area contributed by atoms with Gasteiger partial charge in [-0.2, -0.15) is 0 Å². The normalized spacial score (nSPS) is 15.1. The third-order valence-electron chi connectivity index (χ3n) is 6.40. The van der Waals surface area contributed by atoms with Gasteiger partial charge in [0.2, 0.25) is 0 Å². The van der Waals surface area contributed by atoms with Crippen LogP contribution in [0.5, 0.6) is 5.75 Å². The predicted octanol–water partition coefficient (Wildman–Crippen LogP) is 6.13. The Hall–Kier alpha value is -4.06. The fraction of sp³-hybridized carbons (Fsp3) is 0.267. The molecule has 1 unspecified atom stereocenters. The molecule has 36 heavy (non-hydrogen) atoms. The van der Waals surface area contributed by atoms with Crippen LogP contribution in [-0.2, 0) is 16.8 Å². The summed E-state index contributed by atoms with van der Waals surface area (Å²) >= 11 is 0. The van der Waals surface area contributed by atoms with Crippen molar-refractivity contribution in [1.82, 2.24) is 5.32 Å². The third kappa shape index (κ3) is 5.60. The Morgan fingerprint density at radius 1 is 1.06 bits per heavy atom. The summed E-state index contributed by atoms with van der Waals surface area (Å²) < 4.78 is 5.83. The summed E-state index contributed by atoms with van der Waals surface area (Å²) in [6.07, 6.45) is 0.153. The fourth-order valence-corrected chi connectivity index (χ4v) is 4.29. The van der Waals surface area contributed by atoms with Crippen molar-refractivity contribution < 1.29 is 14.3 Å². The standard InChI is InChI=1S/C30H33N3O3/c1-20(2)23-12-9-13-24(18-23)30(4,5)32-29(35)31-25-14-15-27-26(19-25)33(28(34)21(3)36-27)17-16-22-10-7-6-8-11-22/h6-15,18-19,21H,1,16-17H2,2-5H3,(H2,31,32,35). The third-order valence-corrected chi connectivity index (χ3v) is 6.40. The molecule has 0 saturated carbocycles. The number of hydrogen-bond donors (Lipinski definition) is 2. The number of ether oxygens (including phenoxy) is 1. The highest BCUT2D eigenvalue weighted by atomic mass is 16.5. The Labute approximate surface area is 213 Å². The van der Waals surface area contributed by atoms with E-state index in [1.807, 2.05) is 75.4 Å². The number of fused-ring (bicyclic) bond motifs is 1. The molecular weight excluding hydrogens is 450 g/mol. The van der Waals surface area contributed by atoms with E-state index in [4.69, 9.17) is 4.74 Å². The molecule has 0 radical (unpaired) electrons. The molecule has 2 N–H and O–H groups in total. The zero-order valence-corrected chi connectivity index (χ0v) is 21.3. The van der Waals surface area contributed by atoms with E-state index in [1.54, 1.807) is 30.0 Å². The van der Waals surface area contributed by atoms with Gasteiger partial charge in [-0.05, 0) is 75.1 Å². The molecule has 0 spiro atoms. The lowest BCUT2D eigenvalue weighted by molar-refractivity contribution is -0.125. The number of carbonyl (C=O) groups is 2. The van der Waals surface area contributed by atoms with Gasteiger partial charge in [0.15, 0.2) is 6.10 Å². The molecule has 1 heterocycles. The zero-order valence-electron chi connectivity index (χ0n) is 21.3. The van der Waals surface area contributed by atoms with Crippen LogP contribution in [0, 0.1) is 0 Å². The second-order valence-electron chi connectivity index (χ2n) is 9.73. The van der Waals surface area contributed by atoms with Gasteiger partial charge < -0.3 is 20.3 Å². The number of carbonyl (C=O) groups excluding carboxylic acids is 2. The van der Waals surface area contributed by atoms with Crippen LogP contribution >= 0.6 is 0 Å². The van der Waals surface area contributed by atoms with Crippen molar-refractivity contribution in [3.05, 3.63) is 96.1 Å². The molecule has 186 valence electrons. The van der Waals surface area contributed by atoms with Crippen molar-refractivity contribution in [3.63, 3.8) is 0 Å². The molecule has 3 amide bonds. The molecule has 3 aromatic carbocycles. The molecule has 0 aliphatic carbocycles. The highest BCUT2D eigenvalue weighted by molar-refractivity contribution is 6.01. The number of amides is 3. The van der Waals surface area contributed by atoms with Crippen LogP contribution in [0.25, 0.3) is 5.57 Å². The minimum Gasteiger partial charge on any atom is -0.479 e. The van der Waals surface area contributed by atoms with Crippen molar-refractivity contribution in [2.24, 2.45) is 0 Å². The Morgan fingerprint density at radius 3 is 2.53 bits per heavy atom. The van der Waals surface area contributed by atoms with Crippen LogP contribution < -0.4 is 20.3 Å². The van der Waals surface area contributed by atoms with E-state index in [2.05, 4.69) is 17.2 Å². The molecule has 0 bridgehead atoms. The maximum absolute atomic E-state index is 13.0. The molecule has 1 aliphatic rings. The van der Waals surface area contributed by atoms with Crippen molar-refractivity contribution in [2.75, 3.05) is 16.8 Å². The van der Waals surface area contributed by atoms with Gasteiger partial charge in [0, 0.05) is 12.2 Å². The maximum Gasteiger partial charge on any atom is 0.319 e. The zero-order chi connectivity index (χ0) is 25.9. The van der Waals surface area contributed by atoms with Crippen molar-refractivity contribution in [1.29, 1.82) is 0 Å². The first-order valence-corrected chi connectivity index (χ1v) is 12.2. The first-order valence-electron chi connectivity index (χ1n) is 12.2. The lowest BCUT2D eigenvalue weighted by atomic mass is 9.92. The van der Waals surface area contributed by atoms with Crippen molar-refractivity contribution >= 4 is 28.9 Å². The first-order chi connectivity index (χ1) is 17.1. The summed E-state index contributed by atoms with van der Waals surface area (Å²) in [4.78, 5) is 27.6. The lowest BCUT2D eigenvalue weighted by Gasteiger charge is -2.33. The summed E-state index contributed by atoms with van der Waals surface area (Å²) in [5.41, 5.74) is 4.75. The van der Waals surface area contributed by atoms with Gasteiger partial charge in [-0.3, -0.25) is 4.79 Å². The van der Waals surface area contributed by atoms with Gasteiger partial charge in [0.1, 0.15) is 5.75 Å². The topological polar surface area (TPSA) is 70.7 Å². The number of rotatable bonds is 7. The summed E-state index contributed by atoms with van der Waals surface area (Å²) in [7, 11) is 0. The quantitative estimate of drug-likeness (QED) is 0.424. The van der Waals surface area contributed by atoms with E-state index in [-0.39, 0.29) is 11.9 Å². The number of allylic oxidation sites excluding steroid dienone is 1. The SMILES string of the molecule is C=C(C)c1cccc(C(C)(C)NC(=O)Nc2ccc3c(c2)N(CCc2ccccc2)C(=O)C(C)O3)c1. The van der Waals surface area contributed by atoms with Gasteiger partial charge >= 0.3 is 6.03 Å². The largest absolute Gasteiger partial charge is 0.479 e. The molecule has 6 nitrogen and oxygen atoms in total. The van der Waals surface area contributed by atoms with Crippen LogP contribution in [0.1, 0.15) is 44.4 Å².